The van der Waals surface area contributed by atoms with Gasteiger partial charge in [0.05, 0.1) is 5.92 Å². The number of nitrogens with one attached hydrogen (secondary N) is 1. The van der Waals surface area contributed by atoms with Crippen molar-refractivity contribution in [1.82, 2.24) is 10.2 Å². The number of carbonyl (C=O) groups is 2. The number of carboxylic acids is 1. The molecule has 3 fully saturated rings. The van der Waals surface area contributed by atoms with Gasteiger partial charge in [-0.05, 0) is 38.5 Å². The highest BCUT2D eigenvalue weighted by Crippen LogP contribution is 2.35. The number of hydrogen-bond donors (Lipinski definition) is 2. The molecule has 0 spiro atoms. The third kappa shape index (κ3) is 1.90. The second kappa shape index (κ2) is 4.53. The van der Waals surface area contributed by atoms with Crippen molar-refractivity contribution in [2.75, 3.05) is 6.54 Å². The number of aliphatic carboxylic acids is 1. The number of nitrogens with zero attached hydrogens (tertiary/aromatic N) is 1. The fourth-order valence-corrected chi connectivity index (χ4v) is 3.76. The van der Waals surface area contributed by atoms with E-state index in [2.05, 4.69) is 5.32 Å². The quantitative estimate of drug-likeness (QED) is 0.755. The highest BCUT2D eigenvalue weighted by molar-refractivity contribution is 5.86. The number of amides is 1. The lowest BCUT2D eigenvalue weighted by Crippen LogP contribution is -2.51. The zero-order valence-electron chi connectivity index (χ0n) is 10.5. The minimum atomic E-state index is -0.848. The molecule has 0 aromatic heterocycles. The van der Waals surface area contributed by atoms with Gasteiger partial charge in [0, 0.05) is 18.6 Å². The molecule has 0 radical (unpaired) electrons. The van der Waals surface area contributed by atoms with Crippen molar-refractivity contribution in [3.63, 3.8) is 0 Å². The second-order valence-electron chi connectivity index (χ2n) is 5.77. The van der Waals surface area contributed by atoms with Crippen LogP contribution >= 0.6 is 0 Å². The normalized spacial score (nSPS) is 39.0. The van der Waals surface area contributed by atoms with E-state index in [0.717, 1.165) is 32.1 Å². The van der Waals surface area contributed by atoms with Crippen LogP contribution in [0, 0.1) is 5.92 Å². The minimum Gasteiger partial charge on any atom is -0.480 e. The van der Waals surface area contributed by atoms with E-state index in [4.69, 9.17) is 0 Å². The van der Waals surface area contributed by atoms with Gasteiger partial charge >= 0.3 is 5.97 Å². The Morgan fingerprint density at radius 3 is 2.61 bits per heavy atom. The van der Waals surface area contributed by atoms with Crippen LogP contribution in [0.2, 0.25) is 0 Å². The molecule has 0 aromatic carbocycles. The summed E-state index contributed by atoms with van der Waals surface area (Å²) in [4.78, 5) is 25.4. The van der Waals surface area contributed by atoms with Crippen LogP contribution in [0.4, 0.5) is 0 Å². The van der Waals surface area contributed by atoms with E-state index in [9.17, 15) is 14.7 Å². The predicted octanol–water partition coefficient (Wildman–Crippen LogP) is 0.593. The van der Waals surface area contributed by atoms with Crippen LogP contribution in [0.5, 0.6) is 0 Å². The number of carbonyl (C=O) groups excluding carboxylic acids is 1. The van der Waals surface area contributed by atoms with Crippen LogP contribution in [0.25, 0.3) is 0 Å². The summed E-state index contributed by atoms with van der Waals surface area (Å²) in [6.07, 6.45) is 5.57. The molecule has 3 saturated heterocycles. The lowest BCUT2D eigenvalue weighted by Gasteiger charge is -2.36. The second-order valence-corrected chi connectivity index (χ2v) is 5.77. The molecular weight excluding hydrogens is 232 g/mol. The third-order valence-corrected chi connectivity index (χ3v) is 4.69. The topological polar surface area (TPSA) is 69.6 Å². The summed E-state index contributed by atoms with van der Waals surface area (Å²) in [6, 6.07) is 0.182. The van der Waals surface area contributed by atoms with E-state index in [1.54, 1.807) is 4.90 Å². The molecule has 2 N–H and O–H groups in total. The molecule has 4 atom stereocenters. The SMILES string of the molecule is O=C(O)C1CCCCN1C(=O)C1CC2CCC1N2. The first-order valence-corrected chi connectivity index (χ1v) is 6.96. The first-order valence-electron chi connectivity index (χ1n) is 6.96. The van der Waals surface area contributed by atoms with Crippen molar-refractivity contribution in [1.29, 1.82) is 0 Å². The van der Waals surface area contributed by atoms with Crippen molar-refractivity contribution in [3.05, 3.63) is 0 Å². The first-order chi connectivity index (χ1) is 8.66. The summed E-state index contributed by atoms with van der Waals surface area (Å²) >= 11 is 0. The van der Waals surface area contributed by atoms with E-state index in [-0.39, 0.29) is 11.8 Å². The molecule has 3 rings (SSSR count). The molecular formula is C13H20N2O3. The molecule has 4 unspecified atom stereocenters. The summed E-state index contributed by atoms with van der Waals surface area (Å²) < 4.78 is 0. The lowest BCUT2D eigenvalue weighted by molar-refractivity contribution is -0.154. The standard InChI is InChI=1S/C13H20N2O3/c16-12(9-7-8-4-5-10(9)14-8)15-6-2-1-3-11(15)13(17)18/h8-11,14H,1-7H2,(H,17,18). The molecule has 18 heavy (non-hydrogen) atoms. The molecule has 3 heterocycles. The van der Waals surface area contributed by atoms with E-state index < -0.39 is 12.0 Å². The van der Waals surface area contributed by atoms with Gasteiger partial charge in [0.25, 0.3) is 0 Å². The van der Waals surface area contributed by atoms with Gasteiger partial charge < -0.3 is 15.3 Å². The zero-order valence-corrected chi connectivity index (χ0v) is 10.5. The van der Waals surface area contributed by atoms with Crippen LogP contribution in [0.1, 0.15) is 38.5 Å². The fourth-order valence-electron chi connectivity index (χ4n) is 3.76. The van der Waals surface area contributed by atoms with Crippen molar-refractivity contribution in [2.45, 2.75) is 56.7 Å². The van der Waals surface area contributed by atoms with Crippen molar-refractivity contribution in [2.24, 2.45) is 5.92 Å². The Balaban J connectivity index is 1.72. The summed E-state index contributed by atoms with van der Waals surface area (Å²) in [5, 5.41) is 12.7. The van der Waals surface area contributed by atoms with Gasteiger partial charge in [-0.2, -0.15) is 0 Å². The van der Waals surface area contributed by atoms with Crippen LogP contribution < -0.4 is 5.32 Å². The maximum atomic E-state index is 12.5. The smallest absolute Gasteiger partial charge is 0.326 e. The molecule has 5 heteroatoms. The Labute approximate surface area is 107 Å². The number of piperidine rings is 1. The summed E-state index contributed by atoms with van der Waals surface area (Å²) in [5.74, 6) is -0.760. The number of carboxylic acid groups (broad SMARTS) is 1. The molecule has 2 bridgehead atoms. The maximum absolute atomic E-state index is 12.5. The molecule has 5 nitrogen and oxygen atoms in total. The summed E-state index contributed by atoms with van der Waals surface area (Å²) in [5.41, 5.74) is 0. The Kier molecular flexibility index (Phi) is 3.01. The predicted molar refractivity (Wildman–Crippen MR) is 65.0 cm³/mol. The molecule has 100 valence electrons. The first kappa shape index (κ1) is 12.0. The minimum absolute atomic E-state index is 0.0173. The Morgan fingerprint density at radius 1 is 1.17 bits per heavy atom. The molecule has 0 aromatic rings. The molecule has 0 saturated carbocycles. The van der Waals surface area contributed by atoms with Gasteiger partial charge in [0.1, 0.15) is 6.04 Å². The molecule has 0 aliphatic carbocycles. The fraction of sp³-hybridized carbons (Fsp3) is 0.846. The molecule has 1 amide bonds. The highest BCUT2D eigenvalue weighted by Gasteiger charge is 2.46. The number of fused-ring (bicyclic) bond motifs is 2. The van der Waals surface area contributed by atoms with Crippen molar-refractivity contribution >= 4 is 11.9 Å². The van der Waals surface area contributed by atoms with Gasteiger partial charge in [-0.1, -0.05) is 0 Å². The van der Waals surface area contributed by atoms with Gasteiger partial charge in [-0.3, -0.25) is 4.79 Å². The number of rotatable bonds is 2. The van der Waals surface area contributed by atoms with Gasteiger partial charge in [-0.15, -0.1) is 0 Å². The van der Waals surface area contributed by atoms with Gasteiger partial charge in [-0.25, -0.2) is 4.79 Å². The van der Waals surface area contributed by atoms with Crippen LogP contribution in [-0.4, -0.2) is 46.6 Å². The zero-order chi connectivity index (χ0) is 12.7. The maximum Gasteiger partial charge on any atom is 0.326 e. The van der Waals surface area contributed by atoms with Gasteiger partial charge in [0.15, 0.2) is 0 Å². The Hall–Kier alpha value is -1.10. The molecule has 3 aliphatic heterocycles. The number of likely N-dealkylation sites (tertiary alicyclic amines) is 1. The van der Waals surface area contributed by atoms with E-state index >= 15 is 0 Å². The average Bonchev–Trinajstić information content (AvgIpc) is 3.00. The summed E-state index contributed by atoms with van der Waals surface area (Å²) in [6.45, 7) is 0.615. The van der Waals surface area contributed by atoms with Crippen molar-refractivity contribution < 1.29 is 14.7 Å². The van der Waals surface area contributed by atoms with Gasteiger partial charge in [0.2, 0.25) is 5.91 Å². The molecule has 3 aliphatic rings. The number of hydrogen-bond acceptors (Lipinski definition) is 3. The van der Waals surface area contributed by atoms with E-state index in [1.807, 2.05) is 0 Å². The van der Waals surface area contributed by atoms with E-state index in [0.29, 0.717) is 25.0 Å². The largest absolute Gasteiger partial charge is 0.480 e. The average molecular weight is 252 g/mol. The van der Waals surface area contributed by atoms with Crippen LogP contribution in [0.15, 0.2) is 0 Å². The monoisotopic (exact) mass is 252 g/mol. The summed E-state index contributed by atoms with van der Waals surface area (Å²) in [7, 11) is 0. The van der Waals surface area contributed by atoms with Crippen LogP contribution in [-0.2, 0) is 9.59 Å². The van der Waals surface area contributed by atoms with Crippen LogP contribution in [0.3, 0.4) is 0 Å². The van der Waals surface area contributed by atoms with E-state index in [1.165, 1.54) is 0 Å². The highest BCUT2D eigenvalue weighted by atomic mass is 16.4. The third-order valence-electron chi connectivity index (χ3n) is 4.69. The Bertz CT molecular complexity index is 371. The lowest BCUT2D eigenvalue weighted by atomic mass is 9.87. The Morgan fingerprint density at radius 2 is 2.00 bits per heavy atom. The van der Waals surface area contributed by atoms with Crippen molar-refractivity contribution in [3.8, 4) is 0 Å².